The maximum atomic E-state index is 14.2. The second kappa shape index (κ2) is 15.1. The number of Topliss-reactive ketones (excluding diaryl/α,β-unsaturated/α-hetero) is 1. The van der Waals surface area contributed by atoms with Gasteiger partial charge in [0, 0.05) is 12.0 Å². The van der Waals surface area contributed by atoms with Gasteiger partial charge in [-0.15, -0.1) is 33.5 Å². The van der Waals surface area contributed by atoms with E-state index < -0.39 is 11.9 Å². The molecule has 0 aromatic carbocycles. The summed E-state index contributed by atoms with van der Waals surface area (Å²) in [5.41, 5.74) is 10.5. The fourth-order valence-electron chi connectivity index (χ4n) is 7.42. The van der Waals surface area contributed by atoms with E-state index in [1.54, 1.807) is 0 Å². The van der Waals surface area contributed by atoms with Gasteiger partial charge in [-0.05, 0) is 70.4 Å². The zero-order valence-electron chi connectivity index (χ0n) is 30.9. The number of carbonyl (C=O) groups excluding carboxylic acids is 3. The van der Waals surface area contributed by atoms with Gasteiger partial charge in [0.15, 0.2) is 5.78 Å². The average Bonchev–Trinajstić information content (AvgIpc) is 3.84. The van der Waals surface area contributed by atoms with Crippen molar-refractivity contribution in [3.63, 3.8) is 0 Å². The number of nitrogens with zero attached hydrogens (tertiary/aromatic N) is 4. The monoisotopic (exact) mass is 696 g/mol. The standard InChI is InChI=1S/C41H45N4O5.Mg/c1-10-20(4)15-16-50-34(46)14-13-27-23(7)30-17-28-21(5)25(11-2)32(42-28)18-29-22(6)26(12-3)33(43-29)19-31-24(8)35-39(45-31)36(38(27)44-30)37(40(35)47)41(48)49-9;/h11,15,17-19,23,27,37H,2,10,12-14,16H2,1,3-9H3,(H-,44,45,47);/q-3;+2/p-1/b20-15+,29-18-,30-17-,33-19-;/t23-,27-,37+;/m0./s1. The van der Waals surface area contributed by atoms with Crippen molar-refractivity contribution in [2.75, 3.05) is 13.7 Å². The molecule has 0 unspecified atom stereocenters. The van der Waals surface area contributed by atoms with Crippen molar-refractivity contribution in [2.45, 2.75) is 74.1 Å². The molecule has 9 nitrogen and oxygen atoms in total. The number of hydrogen-bond acceptors (Lipinski definition) is 5. The van der Waals surface area contributed by atoms with Gasteiger partial charge in [0.25, 0.3) is 0 Å². The number of ether oxygens (including phenoxy) is 2. The third-order valence-electron chi connectivity index (χ3n) is 10.6. The summed E-state index contributed by atoms with van der Waals surface area (Å²) in [7, 11) is 1.28. The Bertz CT molecular complexity index is 2150. The van der Waals surface area contributed by atoms with Crippen LogP contribution < -0.4 is 25.7 Å². The van der Waals surface area contributed by atoms with Crippen molar-refractivity contribution >= 4 is 70.7 Å². The van der Waals surface area contributed by atoms with Crippen LogP contribution in [-0.2, 0) is 25.5 Å². The van der Waals surface area contributed by atoms with Crippen LogP contribution >= 0.6 is 0 Å². The van der Waals surface area contributed by atoms with E-state index in [0.29, 0.717) is 40.2 Å². The number of fused-ring (bicyclic) bond motifs is 7. The maximum absolute atomic E-state index is 14.2. The van der Waals surface area contributed by atoms with Gasteiger partial charge >= 0.3 is 35.0 Å². The quantitative estimate of drug-likeness (QED) is 0.127. The molecule has 5 heterocycles. The van der Waals surface area contributed by atoms with Gasteiger partial charge in [-0.2, -0.15) is 11.4 Å². The first-order valence-electron chi connectivity index (χ1n) is 17.4. The number of aromatic nitrogens is 3. The van der Waals surface area contributed by atoms with Gasteiger partial charge in [0.1, 0.15) is 12.5 Å². The van der Waals surface area contributed by atoms with Crippen LogP contribution in [0.3, 0.4) is 0 Å². The molecule has 262 valence electrons. The van der Waals surface area contributed by atoms with Crippen LogP contribution in [0.5, 0.6) is 0 Å². The molecule has 2 aliphatic heterocycles. The number of allylic oxidation sites excluding steroid dienone is 3. The van der Waals surface area contributed by atoms with Gasteiger partial charge in [-0.25, -0.2) is 0 Å². The summed E-state index contributed by atoms with van der Waals surface area (Å²) in [6, 6.07) is 0. The van der Waals surface area contributed by atoms with E-state index in [4.69, 9.17) is 29.7 Å². The Labute approximate surface area is 315 Å². The minimum Gasteiger partial charge on any atom is -0.664 e. The van der Waals surface area contributed by atoms with Crippen molar-refractivity contribution in [3.05, 3.63) is 102 Å². The van der Waals surface area contributed by atoms with E-state index in [1.165, 1.54) is 7.11 Å². The van der Waals surface area contributed by atoms with E-state index in [-0.39, 0.29) is 59.7 Å². The number of ketones is 1. The summed E-state index contributed by atoms with van der Waals surface area (Å²) in [6.45, 7) is 18.4. The zero-order chi connectivity index (χ0) is 36.0. The van der Waals surface area contributed by atoms with Crippen molar-refractivity contribution in [1.82, 2.24) is 15.0 Å². The molecular formula is C41H44MgN4O5-2. The molecule has 0 amide bonds. The van der Waals surface area contributed by atoms with Gasteiger partial charge in [0.05, 0.1) is 7.11 Å². The molecule has 10 heteroatoms. The van der Waals surface area contributed by atoms with Gasteiger partial charge in [0.2, 0.25) is 0 Å². The van der Waals surface area contributed by atoms with E-state index >= 15 is 0 Å². The number of esters is 2. The second-order valence-electron chi connectivity index (χ2n) is 13.4. The molecule has 1 fully saturated rings. The van der Waals surface area contributed by atoms with Gasteiger partial charge in [-0.1, -0.05) is 85.1 Å². The van der Waals surface area contributed by atoms with Crippen LogP contribution in [0.4, 0.5) is 0 Å². The Kier molecular flexibility index (Phi) is 11.3. The molecule has 3 aromatic rings. The minimum atomic E-state index is -1.21. The topological polar surface area (TPSA) is 126 Å². The van der Waals surface area contributed by atoms with E-state index in [0.717, 1.165) is 68.5 Å². The summed E-state index contributed by atoms with van der Waals surface area (Å²) in [5.74, 6) is -3.04. The number of rotatable bonds is 9. The smallest absolute Gasteiger partial charge is 0.664 e. The van der Waals surface area contributed by atoms with Gasteiger partial charge in [-0.3, -0.25) is 14.4 Å². The Balaban J connectivity index is 0.00000504. The minimum absolute atomic E-state index is 0. The van der Waals surface area contributed by atoms with Crippen LogP contribution in [0.2, 0.25) is 0 Å². The summed E-state index contributed by atoms with van der Waals surface area (Å²) in [5, 5.41) is 6.76. The molecule has 8 bridgehead atoms. The third-order valence-corrected chi connectivity index (χ3v) is 10.6. The van der Waals surface area contributed by atoms with Crippen molar-refractivity contribution in [2.24, 2.45) is 17.8 Å². The molecule has 1 saturated heterocycles. The van der Waals surface area contributed by atoms with Crippen molar-refractivity contribution < 1.29 is 23.9 Å². The molecular weight excluding hydrogens is 653 g/mol. The number of carbonyl (C=O) groups is 3. The molecule has 3 aromatic heterocycles. The molecule has 3 atom stereocenters. The Morgan fingerprint density at radius 2 is 1.67 bits per heavy atom. The predicted molar refractivity (Wildman–Crippen MR) is 200 cm³/mol. The molecule has 3 aliphatic rings. The first kappa shape index (κ1) is 38.0. The first-order chi connectivity index (χ1) is 23.9. The molecule has 1 aliphatic carbocycles. The molecule has 51 heavy (non-hydrogen) atoms. The molecule has 0 saturated carbocycles. The van der Waals surface area contributed by atoms with E-state index in [9.17, 15) is 14.4 Å². The fourth-order valence-corrected chi connectivity index (χ4v) is 7.42. The van der Waals surface area contributed by atoms with Crippen molar-refractivity contribution in [1.29, 1.82) is 0 Å². The van der Waals surface area contributed by atoms with Crippen LogP contribution in [0.15, 0.2) is 29.6 Å². The van der Waals surface area contributed by atoms with E-state index in [1.807, 2.05) is 51.2 Å². The third kappa shape index (κ3) is 6.64. The SMILES string of the molecule is C=Cc1c2[n-]c(c1C)/C=C1\[N-]/C(=C3\c4[n-]c(c(C)c4C(=O)[C@@H]3C(=O)OC)/C=c3\[n-]/c(c(C)c3CC)=C\2)[C@@H](CCC(=O)OC/C=C(\C)CC)[C@@H]1C.[Mg+2]. The van der Waals surface area contributed by atoms with Gasteiger partial charge < -0.3 is 29.7 Å². The fraction of sp³-hybridized carbons (Fsp3) is 0.390. The average molecular weight is 697 g/mol. The van der Waals surface area contributed by atoms with Crippen LogP contribution in [0.25, 0.3) is 35.2 Å². The van der Waals surface area contributed by atoms with Crippen LogP contribution in [0.1, 0.15) is 108 Å². The van der Waals surface area contributed by atoms with Crippen molar-refractivity contribution in [3.8, 4) is 0 Å². The molecule has 0 spiro atoms. The Morgan fingerprint density at radius 1 is 0.961 bits per heavy atom. The summed E-state index contributed by atoms with van der Waals surface area (Å²) < 4.78 is 10.7. The Morgan fingerprint density at radius 3 is 2.33 bits per heavy atom. The summed E-state index contributed by atoms with van der Waals surface area (Å²) in [6.07, 6.45) is 11.8. The zero-order valence-corrected chi connectivity index (χ0v) is 32.3. The predicted octanol–water partition coefficient (Wildman–Crippen LogP) is 5.34. The molecule has 6 rings (SSSR count). The summed E-state index contributed by atoms with van der Waals surface area (Å²) in [4.78, 5) is 55.6. The number of hydrogen-bond donors (Lipinski definition) is 0. The second-order valence-corrected chi connectivity index (χ2v) is 13.4. The van der Waals surface area contributed by atoms with Crippen LogP contribution in [-0.4, -0.2) is 54.5 Å². The largest absolute Gasteiger partial charge is 2.00 e. The molecule has 0 N–H and O–H groups in total. The van der Waals surface area contributed by atoms with E-state index in [2.05, 4.69) is 34.3 Å². The maximum Gasteiger partial charge on any atom is 2.00 e. The number of methoxy groups -OCH3 is 1. The molecule has 0 radical (unpaired) electrons. The summed E-state index contributed by atoms with van der Waals surface area (Å²) >= 11 is 0. The Hall–Kier alpha value is -4.28. The van der Waals surface area contributed by atoms with Crippen LogP contribution in [0, 0.1) is 38.5 Å². The normalized spacial score (nSPS) is 22.9. The first-order valence-corrected chi connectivity index (χ1v) is 17.4.